The lowest BCUT2D eigenvalue weighted by atomic mass is 9.95. The largest absolute Gasteiger partial charge is 0.508 e. The van der Waals surface area contributed by atoms with Crippen molar-refractivity contribution < 1.29 is 10.2 Å². The molecule has 0 saturated carbocycles. The van der Waals surface area contributed by atoms with Crippen molar-refractivity contribution in [2.24, 2.45) is 5.92 Å². The number of aliphatic hydroxyl groups excluding tert-OH is 2. The number of hydrogen-bond donors (Lipinski definition) is 3. The summed E-state index contributed by atoms with van der Waals surface area (Å²) < 4.78 is 0. The van der Waals surface area contributed by atoms with Gasteiger partial charge in [0.05, 0.1) is 0 Å². The molecule has 0 aromatic rings. The summed E-state index contributed by atoms with van der Waals surface area (Å²) in [6.45, 7) is 0.722. The maximum atomic E-state index is 9.22. The third-order valence-electron chi connectivity index (χ3n) is 2.02. The van der Waals surface area contributed by atoms with Gasteiger partial charge in [-0.05, 0) is 18.4 Å². The second-order valence-electron chi connectivity index (χ2n) is 3.02. The second kappa shape index (κ2) is 4.46. The fourth-order valence-electron chi connectivity index (χ4n) is 1.27. The first-order valence-electron chi connectivity index (χ1n) is 4.21. The fraction of sp³-hybridized carbons (Fsp3) is 0.400. The lowest BCUT2D eigenvalue weighted by Gasteiger charge is -2.15. The number of aliphatic hydroxyl groups is 2. The van der Waals surface area contributed by atoms with Gasteiger partial charge in [0.15, 0.2) is 5.76 Å². The predicted octanol–water partition coefficient (Wildman–Crippen LogP) is 1.46. The first-order valence-corrected chi connectivity index (χ1v) is 4.21. The molecule has 3 nitrogen and oxygen atoms in total. The fourth-order valence-corrected chi connectivity index (χ4v) is 1.27. The van der Waals surface area contributed by atoms with E-state index in [-0.39, 0.29) is 17.4 Å². The highest BCUT2D eigenvalue weighted by Crippen LogP contribution is 2.22. The standard InChI is InChI=1S/C10H13NO2/c1-2-11-6-5-8-3-4-9(12)10(13)7-8/h1,3-4,8,11-13H,5-7H2. The van der Waals surface area contributed by atoms with Gasteiger partial charge in [0.2, 0.25) is 0 Å². The van der Waals surface area contributed by atoms with E-state index in [1.54, 1.807) is 0 Å². The average Bonchev–Trinajstić information content (AvgIpc) is 2.12. The van der Waals surface area contributed by atoms with E-state index in [1.807, 2.05) is 6.08 Å². The molecule has 0 aromatic heterocycles. The monoisotopic (exact) mass is 179 g/mol. The normalized spacial score (nSPS) is 21.3. The second-order valence-corrected chi connectivity index (χ2v) is 3.02. The van der Waals surface area contributed by atoms with Crippen LogP contribution in [0.5, 0.6) is 0 Å². The van der Waals surface area contributed by atoms with Crippen LogP contribution < -0.4 is 5.32 Å². The quantitative estimate of drug-likeness (QED) is 0.349. The van der Waals surface area contributed by atoms with Gasteiger partial charge in [-0.1, -0.05) is 12.5 Å². The molecule has 3 N–H and O–H groups in total. The number of nitrogens with one attached hydrogen (secondary N) is 1. The van der Waals surface area contributed by atoms with E-state index >= 15 is 0 Å². The van der Waals surface area contributed by atoms with Crippen molar-refractivity contribution in [2.45, 2.75) is 12.8 Å². The van der Waals surface area contributed by atoms with Crippen LogP contribution in [0.2, 0.25) is 0 Å². The molecule has 70 valence electrons. The molecule has 0 spiro atoms. The summed E-state index contributed by atoms with van der Waals surface area (Å²) in [5.41, 5.74) is 0. The maximum absolute atomic E-state index is 9.22. The van der Waals surface area contributed by atoms with E-state index in [0.717, 1.165) is 13.0 Å². The molecule has 0 aromatic carbocycles. The molecule has 0 saturated heterocycles. The SMILES string of the molecule is C#CNCCC1C=CC(O)=C(O)C1. The lowest BCUT2D eigenvalue weighted by Crippen LogP contribution is -2.14. The predicted molar refractivity (Wildman–Crippen MR) is 51.0 cm³/mol. The summed E-state index contributed by atoms with van der Waals surface area (Å²) in [4.78, 5) is 0. The Morgan fingerprint density at radius 1 is 1.62 bits per heavy atom. The van der Waals surface area contributed by atoms with Crippen LogP contribution in [0, 0.1) is 18.4 Å². The van der Waals surface area contributed by atoms with Crippen molar-refractivity contribution >= 4 is 0 Å². The minimum Gasteiger partial charge on any atom is -0.508 e. The third kappa shape index (κ3) is 2.75. The van der Waals surface area contributed by atoms with Gasteiger partial charge in [-0.25, -0.2) is 0 Å². The Bertz CT molecular complexity index is 273. The van der Waals surface area contributed by atoms with Gasteiger partial charge in [0.25, 0.3) is 0 Å². The van der Waals surface area contributed by atoms with Gasteiger partial charge < -0.3 is 15.5 Å². The van der Waals surface area contributed by atoms with Gasteiger partial charge in [0.1, 0.15) is 5.76 Å². The Kier molecular flexibility index (Phi) is 3.27. The topological polar surface area (TPSA) is 52.5 Å². The summed E-state index contributed by atoms with van der Waals surface area (Å²) in [6.07, 6.45) is 9.78. The Morgan fingerprint density at radius 3 is 3.00 bits per heavy atom. The van der Waals surface area contributed by atoms with Crippen LogP contribution >= 0.6 is 0 Å². The van der Waals surface area contributed by atoms with Crippen LogP contribution in [-0.4, -0.2) is 16.8 Å². The Balaban J connectivity index is 2.34. The molecule has 0 radical (unpaired) electrons. The number of terminal acetylenes is 1. The average molecular weight is 179 g/mol. The van der Waals surface area contributed by atoms with E-state index in [0.29, 0.717) is 6.42 Å². The molecule has 1 unspecified atom stereocenters. The first-order chi connectivity index (χ1) is 6.24. The summed E-state index contributed by atoms with van der Waals surface area (Å²) in [7, 11) is 0. The number of rotatable bonds is 3. The molecule has 0 fully saturated rings. The van der Waals surface area contributed by atoms with Crippen molar-refractivity contribution in [1.29, 1.82) is 0 Å². The number of hydrogen-bond acceptors (Lipinski definition) is 3. The molecule has 1 aliphatic carbocycles. The zero-order valence-electron chi connectivity index (χ0n) is 7.33. The smallest absolute Gasteiger partial charge is 0.152 e. The van der Waals surface area contributed by atoms with Crippen molar-refractivity contribution in [3.8, 4) is 12.5 Å². The van der Waals surface area contributed by atoms with E-state index in [1.165, 1.54) is 6.08 Å². The highest BCUT2D eigenvalue weighted by Gasteiger charge is 2.14. The molecular weight excluding hydrogens is 166 g/mol. The molecule has 0 aliphatic heterocycles. The van der Waals surface area contributed by atoms with Gasteiger partial charge in [-0.15, -0.1) is 0 Å². The van der Waals surface area contributed by atoms with Gasteiger partial charge in [0, 0.05) is 19.0 Å². The van der Waals surface area contributed by atoms with Crippen LogP contribution in [-0.2, 0) is 0 Å². The first kappa shape index (κ1) is 9.53. The van der Waals surface area contributed by atoms with Crippen molar-refractivity contribution in [3.05, 3.63) is 23.7 Å². The molecule has 1 atom stereocenters. The van der Waals surface area contributed by atoms with E-state index < -0.39 is 0 Å². The molecule has 0 bridgehead atoms. The molecular formula is C10H13NO2. The zero-order chi connectivity index (χ0) is 9.68. The van der Waals surface area contributed by atoms with E-state index in [4.69, 9.17) is 11.5 Å². The third-order valence-corrected chi connectivity index (χ3v) is 2.02. The van der Waals surface area contributed by atoms with Gasteiger partial charge >= 0.3 is 0 Å². The van der Waals surface area contributed by atoms with Crippen molar-refractivity contribution in [1.82, 2.24) is 5.32 Å². The summed E-state index contributed by atoms with van der Waals surface area (Å²) in [5, 5.41) is 21.0. The molecule has 3 heteroatoms. The van der Waals surface area contributed by atoms with Crippen LogP contribution in [0.4, 0.5) is 0 Å². The highest BCUT2D eigenvalue weighted by atomic mass is 16.3. The summed E-state index contributed by atoms with van der Waals surface area (Å²) in [6, 6.07) is 2.33. The maximum Gasteiger partial charge on any atom is 0.152 e. The molecule has 0 heterocycles. The summed E-state index contributed by atoms with van der Waals surface area (Å²) in [5.74, 6) is 0.297. The van der Waals surface area contributed by atoms with E-state index in [2.05, 4.69) is 11.4 Å². The molecule has 1 rings (SSSR count). The Labute approximate surface area is 77.8 Å². The Morgan fingerprint density at radius 2 is 2.38 bits per heavy atom. The number of allylic oxidation sites excluding steroid dienone is 3. The van der Waals surface area contributed by atoms with Crippen LogP contribution in [0.3, 0.4) is 0 Å². The van der Waals surface area contributed by atoms with Crippen molar-refractivity contribution in [3.63, 3.8) is 0 Å². The Hall–Kier alpha value is -1.56. The van der Waals surface area contributed by atoms with E-state index in [9.17, 15) is 5.11 Å². The highest BCUT2D eigenvalue weighted by molar-refractivity contribution is 5.20. The van der Waals surface area contributed by atoms with Crippen LogP contribution in [0.1, 0.15) is 12.8 Å². The van der Waals surface area contributed by atoms with Crippen molar-refractivity contribution in [2.75, 3.05) is 6.54 Å². The minimum atomic E-state index is -0.0267. The van der Waals surface area contributed by atoms with Gasteiger partial charge in [-0.2, -0.15) is 0 Å². The van der Waals surface area contributed by atoms with Gasteiger partial charge in [-0.3, -0.25) is 0 Å². The zero-order valence-corrected chi connectivity index (χ0v) is 7.33. The molecule has 1 aliphatic rings. The minimum absolute atomic E-state index is 0.0267. The van der Waals surface area contributed by atoms with Crippen LogP contribution in [0.25, 0.3) is 0 Å². The molecule has 13 heavy (non-hydrogen) atoms. The summed E-state index contributed by atoms with van der Waals surface area (Å²) >= 11 is 0. The molecule has 0 amide bonds. The van der Waals surface area contributed by atoms with Crippen LogP contribution in [0.15, 0.2) is 23.7 Å². The lowest BCUT2D eigenvalue weighted by molar-refractivity contribution is 0.300.